The molecule has 2 aromatic rings. The molecule has 0 fully saturated rings. The third-order valence-corrected chi connectivity index (χ3v) is 3.60. The summed E-state index contributed by atoms with van der Waals surface area (Å²) in [5, 5.41) is 19.4. The van der Waals surface area contributed by atoms with E-state index < -0.39 is 0 Å². The Morgan fingerprint density at radius 1 is 0.650 bits per heavy atom. The monoisotopic (exact) mass is 270 g/mol. The summed E-state index contributed by atoms with van der Waals surface area (Å²) in [6, 6.07) is 11.0. The van der Waals surface area contributed by atoms with Gasteiger partial charge in [0.15, 0.2) is 0 Å². The quantitative estimate of drug-likeness (QED) is 0.822. The van der Waals surface area contributed by atoms with E-state index in [0.29, 0.717) is 23.3 Å². The zero-order chi connectivity index (χ0) is 14.9. The molecule has 2 N–H and O–H groups in total. The smallest absolute Gasteiger partial charge is 0.115 e. The van der Waals surface area contributed by atoms with Gasteiger partial charge in [-0.25, -0.2) is 0 Å². The van der Waals surface area contributed by atoms with Crippen molar-refractivity contribution in [3.05, 3.63) is 47.5 Å². The molecular weight excluding hydrogens is 248 g/mol. The van der Waals surface area contributed by atoms with Crippen LogP contribution in [0.1, 0.15) is 50.7 Å². The van der Waals surface area contributed by atoms with Crippen molar-refractivity contribution in [1.29, 1.82) is 0 Å². The van der Waals surface area contributed by atoms with Crippen LogP contribution in [0.15, 0.2) is 36.4 Å². The third-order valence-electron chi connectivity index (χ3n) is 3.60. The number of phenolic OH excluding ortho intramolecular Hbond substituents is 2. The zero-order valence-electron chi connectivity index (χ0n) is 12.5. The lowest BCUT2D eigenvalue weighted by atomic mass is 9.87. The average Bonchev–Trinajstić information content (AvgIpc) is 2.38. The maximum atomic E-state index is 9.72. The van der Waals surface area contributed by atoms with Crippen molar-refractivity contribution in [3.8, 4) is 22.6 Å². The first-order valence-corrected chi connectivity index (χ1v) is 7.06. The summed E-state index contributed by atoms with van der Waals surface area (Å²) in [7, 11) is 0. The van der Waals surface area contributed by atoms with E-state index in [1.807, 2.05) is 24.3 Å². The Bertz CT molecular complexity index is 557. The molecule has 2 heteroatoms. The van der Waals surface area contributed by atoms with Crippen molar-refractivity contribution in [2.75, 3.05) is 0 Å². The van der Waals surface area contributed by atoms with Gasteiger partial charge in [-0.05, 0) is 58.4 Å². The SMILES string of the molecule is CC(C)c1cc(O)ccc1-c1ccc(O)cc1C(C)C. The molecule has 0 heterocycles. The first-order chi connectivity index (χ1) is 9.40. The van der Waals surface area contributed by atoms with Crippen LogP contribution < -0.4 is 0 Å². The van der Waals surface area contributed by atoms with Crippen molar-refractivity contribution >= 4 is 0 Å². The van der Waals surface area contributed by atoms with Gasteiger partial charge >= 0.3 is 0 Å². The molecule has 0 bridgehead atoms. The van der Waals surface area contributed by atoms with Gasteiger partial charge in [0.25, 0.3) is 0 Å². The fourth-order valence-electron chi connectivity index (χ4n) is 2.55. The highest BCUT2D eigenvalue weighted by Gasteiger charge is 2.15. The van der Waals surface area contributed by atoms with E-state index >= 15 is 0 Å². The van der Waals surface area contributed by atoms with Crippen molar-refractivity contribution in [2.45, 2.75) is 39.5 Å². The first-order valence-electron chi connectivity index (χ1n) is 7.06. The van der Waals surface area contributed by atoms with Gasteiger partial charge in [-0.1, -0.05) is 39.8 Å². The molecule has 2 aromatic carbocycles. The molecule has 2 nitrogen and oxygen atoms in total. The maximum Gasteiger partial charge on any atom is 0.115 e. The molecular formula is C18H22O2. The standard InChI is InChI=1S/C18H22O2/c1-11(2)17-9-13(19)5-7-15(17)16-8-6-14(20)10-18(16)12(3)4/h5-12,19-20H,1-4H3. The van der Waals surface area contributed by atoms with Crippen molar-refractivity contribution in [3.63, 3.8) is 0 Å². The van der Waals surface area contributed by atoms with Crippen LogP contribution >= 0.6 is 0 Å². The Morgan fingerprint density at radius 3 is 1.30 bits per heavy atom. The topological polar surface area (TPSA) is 40.5 Å². The number of benzene rings is 2. The summed E-state index contributed by atoms with van der Waals surface area (Å²) < 4.78 is 0. The predicted octanol–water partition coefficient (Wildman–Crippen LogP) is 5.01. The average molecular weight is 270 g/mol. The lowest BCUT2D eigenvalue weighted by Gasteiger charge is -2.18. The van der Waals surface area contributed by atoms with E-state index in [1.54, 1.807) is 12.1 Å². The van der Waals surface area contributed by atoms with E-state index in [0.717, 1.165) is 22.3 Å². The summed E-state index contributed by atoms with van der Waals surface area (Å²) in [4.78, 5) is 0. The molecule has 0 aromatic heterocycles. The maximum absolute atomic E-state index is 9.72. The molecule has 20 heavy (non-hydrogen) atoms. The van der Waals surface area contributed by atoms with Crippen LogP contribution in [0.3, 0.4) is 0 Å². The normalized spacial score (nSPS) is 11.3. The molecule has 0 aliphatic rings. The van der Waals surface area contributed by atoms with Crippen LogP contribution in [0, 0.1) is 0 Å². The molecule has 0 aliphatic heterocycles. The summed E-state index contributed by atoms with van der Waals surface area (Å²) >= 11 is 0. The van der Waals surface area contributed by atoms with E-state index in [9.17, 15) is 10.2 Å². The van der Waals surface area contributed by atoms with Crippen LogP contribution in [-0.4, -0.2) is 10.2 Å². The molecule has 0 unspecified atom stereocenters. The fourth-order valence-corrected chi connectivity index (χ4v) is 2.55. The Kier molecular flexibility index (Phi) is 4.03. The van der Waals surface area contributed by atoms with Gasteiger partial charge < -0.3 is 10.2 Å². The summed E-state index contributed by atoms with van der Waals surface area (Å²) in [6.45, 7) is 8.48. The summed E-state index contributed by atoms with van der Waals surface area (Å²) in [5.74, 6) is 1.24. The van der Waals surface area contributed by atoms with Crippen LogP contribution in [-0.2, 0) is 0 Å². The third kappa shape index (κ3) is 2.79. The van der Waals surface area contributed by atoms with Crippen LogP contribution in [0.2, 0.25) is 0 Å². The first kappa shape index (κ1) is 14.4. The fraction of sp³-hybridized carbons (Fsp3) is 0.333. The molecule has 0 aliphatic carbocycles. The minimum atomic E-state index is 0.294. The number of hydrogen-bond donors (Lipinski definition) is 2. The molecule has 0 saturated carbocycles. The van der Waals surface area contributed by atoms with Crippen LogP contribution in [0.5, 0.6) is 11.5 Å². The second-order valence-electron chi connectivity index (χ2n) is 5.85. The Morgan fingerprint density at radius 2 is 1.00 bits per heavy atom. The van der Waals surface area contributed by atoms with Crippen molar-refractivity contribution in [1.82, 2.24) is 0 Å². The van der Waals surface area contributed by atoms with Crippen molar-refractivity contribution < 1.29 is 10.2 Å². The number of rotatable bonds is 3. The molecule has 0 radical (unpaired) electrons. The summed E-state index contributed by atoms with van der Waals surface area (Å²) in [6.07, 6.45) is 0. The van der Waals surface area contributed by atoms with Crippen LogP contribution in [0.4, 0.5) is 0 Å². The number of phenols is 2. The van der Waals surface area contributed by atoms with E-state index in [2.05, 4.69) is 27.7 Å². The van der Waals surface area contributed by atoms with Gasteiger partial charge in [0.1, 0.15) is 11.5 Å². The molecule has 0 spiro atoms. The van der Waals surface area contributed by atoms with E-state index in [-0.39, 0.29) is 0 Å². The second kappa shape index (κ2) is 5.58. The highest BCUT2D eigenvalue weighted by Crippen LogP contribution is 2.37. The number of aromatic hydroxyl groups is 2. The van der Waals surface area contributed by atoms with Gasteiger partial charge in [0, 0.05) is 0 Å². The van der Waals surface area contributed by atoms with Gasteiger partial charge in [-0.15, -0.1) is 0 Å². The highest BCUT2D eigenvalue weighted by molar-refractivity contribution is 5.73. The minimum Gasteiger partial charge on any atom is -0.508 e. The molecule has 106 valence electrons. The van der Waals surface area contributed by atoms with Gasteiger partial charge in [0.05, 0.1) is 0 Å². The predicted molar refractivity (Wildman–Crippen MR) is 83.4 cm³/mol. The zero-order valence-corrected chi connectivity index (χ0v) is 12.5. The largest absolute Gasteiger partial charge is 0.508 e. The number of hydrogen-bond acceptors (Lipinski definition) is 2. The van der Waals surface area contributed by atoms with Gasteiger partial charge in [0.2, 0.25) is 0 Å². The summed E-state index contributed by atoms with van der Waals surface area (Å²) in [5.41, 5.74) is 4.50. The van der Waals surface area contributed by atoms with Gasteiger partial charge in [-0.3, -0.25) is 0 Å². The Labute approximate surface area is 120 Å². The molecule has 0 saturated heterocycles. The highest BCUT2D eigenvalue weighted by atomic mass is 16.3. The minimum absolute atomic E-state index is 0.294. The lowest BCUT2D eigenvalue weighted by Crippen LogP contribution is -1.97. The second-order valence-corrected chi connectivity index (χ2v) is 5.85. The van der Waals surface area contributed by atoms with Crippen molar-refractivity contribution in [2.24, 2.45) is 0 Å². The Balaban J connectivity index is 2.68. The molecule has 2 rings (SSSR count). The molecule has 0 atom stereocenters. The molecule has 0 amide bonds. The lowest BCUT2D eigenvalue weighted by molar-refractivity contribution is 0.473. The van der Waals surface area contributed by atoms with Crippen LogP contribution in [0.25, 0.3) is 11.1 Å². The Hall–Kier alpha value is -1.96. The van der Waals surface area contributed by atoms with E-state index in [1.165, 1.54) is 0 Å². The van der Waals surface area contributed by atoms with Gasteiger partial charge in [-0.2, -0.15) is 0 Å². The van der Waals surface area contributed by atoms with E-state index in [4.69, 9.17) is 0 Å².